The predicted octanol–water partition coefficient (Wildman–Crippen LogP) is -0.366. The standard InChI is InChI=1S/C9H8N6O2/c1-2-6-10-9-12-11-7-5(15(9)13-6)3-4-14(17)8(7)16/h3-4,17H,2H2,1H3. The number of aryl methyl sites for hydroxylation is 1. The van der Waals surface area contributed by atoms with Crippen molar-refractivity contribution in [3.63, 3.8) is 0 Å². The van der Waals surface area contributed by atoms with E-state index in [-0.39, 0.29) is 5.52 Å². The molecule has 86 valence electrons. The lowest BCUT2D eigenvalue weighted by Crippen LogP contribution is -2.19. The average Bonchev–Trinajstić information content (AvgIpc) is 2.76. The molecule has 0 amide bonds. The fourth-order valence-corrected chi connectivity index (χ4v) is 1.59. The van der Waals surface area contributed by atoms with E-state index in [0.717, 1.165) is 0 Å². The molecule has 0 aliphatic rings. The molecule has 3 heterocycles. The summed E-state index contributed by atoms with van der Waals surface area (Å²) in [5.74, 6) is 0.962. The molecule has 0 aliphatic heterocycles. The minimum absolute atomic E-state index is 0.0510. The minimum atomic E-state index is -0.634. The summed E-state index contributed by atoms with van der Waals surface area (Å²) >= 11 is 0. The molecule has 8 nitrogen and oxygen atoms in total. The largest absolute Gasteiger partial charge is 0.425 e. The zero-order valence-electron chi connectivity index (χ0n) is 8.90. The first-order valence-electron chi connectivity index (χ1n) is 5.03. The second-order valence-corrected chi connectivity index (χ2v) is 3.49. The molecule has 0 saturated heterocycles. The zero-order valence-corrected chi connectivity index (χ0v) is 8.90. The van der Waals surface area contributed by atoms with Gasteiger partial charge in [0.2, 0.25) is 0 Å². The number of rotatable bonds is 1. The Labute approximate surface area is 94.1 Å². The lowest BCUT2D eigenvalue weighted by Gasteiger charge is -1.99. The quantitative estimate of drug-likeness (QED) is 0.575. The van der Waals surface area contributed by atoms with E-state index in [1.807, 2.05) is 6.92 Å². The number of fused-ring (bicyclic) bond motifs is 3. The van der Waals surface area contributed by atoms with Crippen molar-refractivity contribution in [3.05, 3.63) is 28.4 Å². The van der Waals surface area contributed by atoms with E-state index in [0.29, 0.717) is 28.3 Å². The monoisotopic (exact) mass is 232 g/mol. The van der Waals surface area contributed by atoms with Crippen molar-refractivity contribution in [3.8, 4) is 0 Å². The smallest absolute Gasteiger partial charge is 0.312 e. The van der Waals surface area contributed by atoms with E-state index in [2.05, 4.69) is 20.3 Å². The molecule has 0 fully saturated rings. The lowest BCUT2D eigenvalue weighted by molar-refractivity contribution is 0.176. The van der Waals surface area contributed by atoms with Crippen molar-refractivity contribution in [2.75, 3.05) is 0 Å². The third-order valence-corrected chi connectivity index (χ3v) is 2.44. The first-order valence-corrected chi connectivity index (χ1v) is 5.03. The molecule has 3 rings (SSSR count). The fraction of sp³-hybridized carbons (Fsp3) is 0.222. The summed E-state index contributed by atoms with van der Waals surface area (Å²) in [6, 6.07) is 1.53. The molecule has 0 unspecified atom stereocenters. The highest BCUT2D eigenvalue weighted by Crippen LogP contribution is 2.07. The molecular formula is C9H8N6O2. The summed E-state index contributed by atoms with van der Waals surface area (Å²) < 4.78 is 1.91. The van der Waals surface area contributed by atoms with E-state index < -0.39 is 5.56 Å². The molecule has 0 spiro atoms. The summed E-state index contributed by atoms with van der Waals surface area (Å²) in [7, 11) is 0. The first kappa shape index (κ1) is 9.70. The van der Waals surface area contributed by atoms with Crippen LogP contribution in [0.1, 0.15) is 12.7 Å². The molecule has 8 heteroatoms. The molecule has 3 aromatic rings. The van der Waals surface area contributed by atoms with Crippen molar-refractivity contribution >= 4 is 16.8 Å². The molecule has 0 saturated carbocycles. The van der Waals surface area contributed by atoms with Gasteiger partial charge in [0.1, 0.15) is 5.52 Å². The van der Waals surface area contributed by atoms with Crippen molar-refractivity contribution < 1.29 is 5.21 Å². The summed E-state index contributed by atoms with van der Waals surface area (Å²) in [6.45, 7) is 1.92. The number of hydrogen-bond acceptors (Lipinski definition) is 6. The topological polar surface area (TPSA) is 98.2 Å². The fourth-order valence-electron chi connectivity index (χ4n) is 1.59. The van der Waals surface area contributed by atoms with Gasteiger partial charge in [0.05, 0.1) is 0 Å². The Bertz CT molecular complexity index is 774. The van der Waals surface area contributed by atoms with E-state index in [9.17, 15) is 10.0 Å². The van der Waals surface area contributed by atoms with E-state index >= 15 is 0 Å². The minimum Gasteiger partial charge on any atom is -0.425 e. The molecule has 1 N–H and O–H groups in total. The number of aromatic nitrogens is 6. The van der Waals surface area contributed by atoms with Crippen molar-refractivity contribution in [1.82, 2.24) is 29.5 Å². The van der Waals surface area contributed by atoms with Crippen molar-refractivity contribution in [2.45, 2.75) is 13.3 Å². The van der Waals surface area contributed by atoms with Crippen LogP contribution in [0.25, 0.3) is 16.8 Å². The van der Waals surface area contributed by atoms with Crippen LogP contribution in [0.5, 0.6) is 0 Å². The molecule has 0 aliphatic carbocycles. The summed E-state index contributed by atoms with van der Waals surface area (Å²) in [4.78, 5) is 15.7. The third-order valence-electron chi connectivity index (χ3n) is 2.44. The maximum absolute atomic E-state index is 11.6. The predicted molar refractivity (Wildman–Crippen MR) is 56.9 cm³/mol. The van der Waals surface area contributed by atoms with Gasteiger partial charge in [-0.05, 0) is 6.07 Å². The highest BCUT2D eigenvalue weighted by Gasteiger charge is 2.11. The third kappa shape index (κ3) is 1.27. The summed E-state index contributed by atoms with van der Waals surface area (Å²) in [5, 5.41) is 21.0. The van der Waals surface area contributed by atoms with Crippen LogP contribution >= 0.6 is 0 Å². The van der Waals surface area contributed by atoms with Gasteiger partial charge < -0.3 is 5.21 Å². The second-order valence-electron chi connectivity index (χ2n) is 3.49. The molecule has 0 atom stereocenters. The van der Waals surface area contributed by atoms with Gasteiger partial charge >= 0.3 is 5.56 Å². The summed E-state index contributed by atoms with van der Waals surface area (Å²) in [5.41, 5.74) is -0.113. The van der Waals surface area contributed by atoms with Gasteiger partial charge in [0, 0.05) is 12.6 Å². The van der Waals surface area contributed by atoms with Gasteiger partial charge in [0.25, 0.3) is 5.78 Å². The number of pyridine rings is 1. The van der Waals surface area contributed by atoms with Crippen LogP contribution in [0.4, 0.5) is 0 Å². The van der Waals surface area contributed by atoms with Gasteiger partial charge in [-0.3, -0.25) is 4.79 Å². The number of hydrogen-bond donors (Lipinski definition) is 1. The van der Waals surface area contributed by atoms with Gasteiger partial charge in [-0.2, -0.15) is 14.2 Å². The highest BCUT2D eigenvalue weighted by molar-refractivity contribution is 5.74. The van der Waals surface area contributed by atoms with Gasteiger partial charge in [-0.15, -0.1) is 15.3 Å². The van der Waals surface area contributed by atoms with Crippen LogP contribution in [0.3, 0.4) is 0 Å². The molecule has 0 aromatic carbocycles. The molecular weight excluding hydrogens is 224 g/mol. The Morgan fingerprint density at radius 2 is 2.24 bits per heavy atom. The van der Waals surface area contributed by atoms with Gasteiger partial charge in [0.15, 0.2) is 11.3 Å². The van der Waals surface area contributed by atoms with E-state index in [1.165, 1.54) is 16.8 Å². The SMILES string of the molecule is CCc1nc2nnc3c(=O)n(O)ccc3n2n1. The Kier molecular flexibility index (Phi) is 1.85. The first-order chi connectivity index (χ1) is 8.20. The second kappa shape index (κ2) is 3.24. The molecule has 0 bridgehead atoms. The lowest BCUT2D eigenvalue weighted by atomic mass is 10.4. The van der Waals surface area contributed by atoms with E-state index in [1.54, 1.807) is 0 Å². The van der Waals surface area contributed by atoms with Crippen LogP contribution in [0.2, 0.25) is 0 Å². The highest BCUT2D eigenvalue weighted by atomic mass is 16.5. The maximum Gasteiger partial charge on any atom is 0.312 e. The Hall–Kier alpha value is -2.51. The van der Waals surface area contributed by atoms with Crippen molar-refractivity contribution in [1.29, 1.82) is 0 Å². The Morgan fingerprint density at radius 3 is 3.00 bits per heavy atom. The molecule has 0 radical (unpaired) electrons. The number of nitrogens with zero attached hydrogens (tertiary/aromatic N) is 6. The van der Waals surface area contributed by atoms with Crippen LogP contribution in [-0.2, 0) is 6.42 Å². The molecule has 17 heavy (non-hydrogen) atoms. The zero-order chi connectivity index (χ0) is 12.0. The molecule has 3 aromatic heterocycles. The van der Waals surface area contributed by atoms with Crippen LogP contribution in [0, 0.1) is 0 Å². The Balaban J connectivity index is 2.51. The van der Waals surface area contributed by atoms with Crippen LogP contribution in [-0.4, -0.2) is 34.7 Å². The summed E-state index contributed by atoms with van der Waals surface area (Å²) in [6.07, 6.45) is 1.90. The van der Waals surface area contributed by atoms with Crippen LogP contribution < -0.4 is 5.56 Å². The average molecular weight is 232 g/mol. The maximum atomic E-state index is 11.6. The van der Waals surface area contributed by atoms with Gasteiger partial charge in [-0.1, -0.05) is 6.92 Å². The van der Waals surface area contributed by atoms with Crippen LogP contribution in [0.15, 0.2) is 17.1 Å². The van der Waals surface area contributed by atoms with Gasteiger partial charge in [-0.25, -0.2) is 0 Å². The normalized spacial score (nSPS) is 11.4. The van der Waals surface area contributed by atoms with Crippen molar-refractivity contribution in [2.24, 2.45) is 0 Å². The van der Waals surface area contributed by atoms with E-state index in [4.69, 9.17) is 0 Å². The Morgan fingerprint density at radius 1 is 1.41 bits per heavy atom.